The molecule has 1 amide bonds. The first-order valence-corrected chi connectivity index (χ1v) is 8.93. The minimum atomic E-state index is -0.0592. The topological polar surface area (TPSA) is 36.4 Å². The zero-order valence-corrected chi connectivity index (χ0v) is 15.5. The van der Waals surface area contributed by atoms with E-state index < -0.39 is 0 Å². The maximum absolute atomic E-state index is 12.6. The Hall–Kier alpha value is -1.14. The van der Waals surface area contributed by atoms with E-state index in [4.69, 9.17) is 23.2 Å². The van der Waals surface area contributed by atoms with Gasteiger partial charge in [-0.15, -0.1) is 11.3 Å². The van der Waals surface area contributed by atoms with Crippen LogP contribution in [0.15, 0.2) is 29.1 Å². The van der Waals surface area contributed by atoms with E-state index in [1.54, 1.807) is 27.9 Å². The van der Waals surface area contributed by atoms with Gasteiger partial charge in [-0.25, -0.2) is 4.98 Å². The third kappa shape index (κ3) is 5.46. The zero-order chi connectivity index (χ0) is 16.8. The number of halogens is 2. The summed E-state index contributed by atoms with van der Waals surface area (Å²) in [6, 6.07) is 5.45. The van der Waals surface area contributed by atoms with Gasteiger partial charge in [0.25, 0.3) is 5.91 Å². The minimum Gasteiger partial charge on any atom is -0.333 e. The summed E-state index contributed by atoms with van der Waals surface area (Å²) in [6.45, 7) is 2.07. The molecule has 0 atom stereocenters. The normalized spacial score (nSPS) is 11.0. The number of rotatable bonds is 7. The number of nitrogens with zero attached hydrogens (tertiary/aromatic N) is 3. The Labute approximate surface area is 150 Å². The van der Waals surface area contributed by atoms with Crippen molar-refractivity contribution in [3.8, 4) is 0 Å². The number of hydrogen-bond donors (Lipinski definition) is 0. The molecule has 7 heteroatoms. The second-order valence-electron chi connectivity index (χ2n) is 5.51. The van der Waals surface area contributed by atoms with Crippen LogP contribution in [-0.2, 0) is 6.54 Å². The summed E-state index contributed by atoms with van der Waals surface area (Å²) < 4.78 is 0. The van der Waals surface area contributed by atoms with E-state index in [0.29, 0.717) is 28.8 Å². The molecule has 0 saturated carbocycles. The quantitative estimate of drug-likeness (QED) is 0.736. The smallest absolute Gasteiger partial charge is 0.273 e. The Balaban J connectivity index is 2.11. The van der Waals surface area contributed by atoms with Crippen LogP contribution in [0.4, 0.5) is 0 Å². The van der Waals surface area contributed by atoms with E-state index in [2.05, 4.69) is 9.88 Å². The van der Waals surface area contributed by atoms with Gasteiger partial charge in [-0.05, 0) is 44.8 Å². The fourth-order valence-electron chi connectivity index (χ4n) is 2.17. The van der Waals surface area contributed by atoms with Crippen LogP contribution in [0.3, 0.4) is 0 Å². The van der Waals surface area contributed by atoms with Crippen LogP contribution in [0, 0.1) is 0 Å². The molecule has 23 heavy (non-hydrogen) atoms. The van der Waals surface area contributed by atoms with E-state index in [0.717, 1.165) is 18.5 Å². The van der Waals surface area contributed by atoms with Crippen molar-refractivity contribution in [2.45, 2.75) is 13.0 Å². The molecule has 1 aromatic heterocycles. The van der Waals surface area contributed by atoms with Crippen LogP contribution in [0.1, 0.15) is 22.5 Å². The molecule has 1 heterocycles. The van der Waals surface area contributed by atoms with Crippen molar-refractivity contribution in [3.05, 3.63) is 50.4 Å². The third-order valence-corrected chi connectivity index (χ3v) is 4.65. The van der Waals surface area contributed by atoms with Crippen LogP contribution in [0.5, 0.6) is 0 Å². The summed E-state index contributed by atoms with van der Waals surface area (Å²) in [5, 5.41) is 2.79. The Morgan fingerprint density at radius 3 is 2.61 bits per heavy atom. The molecule has 4 nitrogen and oxygen atoms in total. The SMILES string of the molecule is CN(C)CCCN(Cc1ccc(Cl)c(Cl)c1)C(=O)c1cscn1. The third-order valence-electron chi connectivity index (χ3n) is 3.33. The van der Waals surface area contributed by atoms with Gasteiger partial charge in [-0.1, -0.05) is 29.3 Å². The van der Waals surface area contributed by atoms with Crippen molar-refractivity contribution in [2.24, 2.45) is 0 Å². The lowest BCUT2D eigenvalue weighted by Gasteiger charge is -2.23. The van der Waals surface area contributed by atoms with Crippen molar-refractivity contribution in [1.82, 2.24) is 14.8 Å². The molecule has 124 valence electrons. The maximum Gasteiger partial charge on any atom is 0.273 e. The second kappa shape index (κ2) is 8.64. The first-order valence-electron chi connectivity index (χ1n) is 7.23. The van der Waals surface area contributed by atoms with Gasteiger partial charge in [0, 0.05) is 18.5 Å². The van der Waals surface area contributed by atoms with Crippen molar-refractivity contribution < 1.29 is 4.79 Å². The molecule has 0 unspecified atom stereocenters. The predicted octanol–water partition coefficient (Wildman–Crippen LogP) is 4.04. The summed E-state index contributed by atoms with van der Waals surface area (Å²) in [6.07, 6.45) is 0.893. The van der Waals surface area contributed by atoms with Crippen LogP contribution in [0.25, 0.3) is 0 Å². The van der Waals surface area contributed by atoms with E-state index in [-0.39, 0.29) is 5.91 Å². The average Bonchev–Trinajstić information content (AvgIpc) is 3.03. The number of thiazole rings is 1. The van der Waals surface area contributed by atoms with Crippen molar-refractivity contribution in [3.63, 3.8) is 0 Å². The lowest BCUT2D eigenvalue weighted by Crippen LogP contribution is -2.33. The largest absolute Gasteiger partial charge is 0.333 e. The van der Waals surface area contributed by atoms with Crippen molar-refractivity contribution in [2.75, 3.05) is 27.2 Å². The molecule has 0 fully saturated rings. The van der Waals surface area contributed by atoms with Crippen LogP contribution in [-0.4, -0.2) is 47.9 Å². The fraction of sp³-hybridized carbons (Fsp3) is 0.375. The molecule has 0 aliphatic heterocycles. The highest BCUT2D eigenvalue weighted by atomic mass is 35.5. The molecular weight excluding hydrogens is 353 g/mol. The molecule has 0 N–H and O–H groups in total. The Morgan fingerprint density at radius 2 is 2.00 bits per heavy atom. The number of carbonyl (C=O) groups excluding carboxylic acids is 1. The lowest BCUT2D eigenvalue weighted by atomic mass is 10.2. The predicted molar refractivity (Wildman–Crippen MR) is 96.5 cm³/mol. The maximum atomic E-state index is 12.6. The number of hydrogen-bond acceptors (Lipinski definition) is 4. The second-order valence-corrected chi connectivity index (χ2v) is 7.04. The highest BCUT2D eigenvalue weighted by molar-refractivity contribution is 7.07. The molecule has 1 aromatic carbocycles. The van der Waals surface area contributed by atoms with E-state index >= 15 is 0 Å². The van der Waals surface area contributed by atoms with E-state index in [1.807, 2.05) is 20.2 Å². The first-order chi connectivity index (χ1) is 11.0. The van der Waals surface area contributed by atoms with Gasteiger partial charge in [0.2, 0.25) is 0 Å². The Kier molecular flexibility index (Phi) is 6.84. The summed E-state index contributed by atoms with van der Waals surface area (Å²) in [5.41, 5.74) is 3.11. The van der Waals surface area contributed by atoms with Crippen LogP contribution in [0.2, 0.25) is 10.0 Å². The van der Waals surface area contributed by atoms with E-state index in [9.17, 15) is 4.79 Å². The standard InChI is InChI=1S/C16H19Cl2N3OS/c1-20(2)6-3-7-21(16(22)15-10-23-11-19-15)9-12-4-5-13(17)14(18)8-12/h4-5,8,10-11H,3,6-7,9H2,1-2H3. The van der Waals surface area contributed by atoms with Crippen LogP contribution < -0.4 is 0 Å². The summed E-state index contributed by atoms with van der Waals surface area (Å²) in [4.78, 5) is 20.7. The zero-order valence-electron chi connectivity index (χ0n) is 13.1. The number of aromatic nitrogens is 1. The first kappa shape index (κ1) is 18.2. The fourth-order valence-corrected chi connectivity index (χ4v) is 3.02. The lowest BCUT2D eigenvalue weighted by molar-refractivity contribution is 0.0732. The molecule has 0 aliphatic carbocycles. The minimum absolute atomic E-state index is 0.0592. The van der Waals surface area contributed by atoms with Crippen molar-refractivity contribution >= 4 is 40.4 Å². The Bertz CT molecular complexity index is 647. The monoisotopic (exact) mass is 371 g/mol. The molecule has 0 radical (unpaired) electrons. The highest BCUT2D eigenvalue weighted by Crippen LogP contribution is 2.23. The van der Waals surface area contributed by atoms with Crippen LogP contribution >= 0.6 is 34.5 Å². The van der Waals surface area contributed by atoms with Gasteiger partial charge in [-0.3, -0.25) is 4.79 Å². The molecule has 0 bridgehead atoms. The molecule has 2 aromatic rings. The van der Waals surface area contributed by atoms with Gasteiger partial charge in [0.15, 0.2) is 0 Å². The molecule has 0 saturated heterocycles. The highest BCUT2D eigenvalue weighted by Gasteiger charge is 2.18. The summed E-state index contributed by atoms with van der Waals surface area (Å²) in [5.74, 6) is -0.0592. The number of benzene rings is 1. The number of amides is 1. The van der Waals surface area contributed by atoms with E-state index in [1.165, 1.54) is 11.3 Å². The van der Waals surface area contributed by atoms with Gasteiger partial charge < -0.3 is 9.80 Å². The summed E-state index contributed by atoms with van der Waals surface area (Å²) >= 11 is 13.4. The molecule has 0 aliphatic rings. The van der Waals surface area contributed by atoms with Gasteiger partial charge in [-0.2, -0.15) is 0 Å². The number of carbonyl (C=O) groups is 1. The van der Waals surface area contributed by atoms with Crippen molar-refractivity contribution in [1.29, 1.82) is 0 Å². The molecular formula is C16H19Cl2N3OS. The van der Waals surface area contributed by atoms with Gasteiger partial charge in [0.05, 0.1) is 15.6 Å². The molecule has 0 spiro atoms. The average molecular weight is 372 g/mol. The molecule has 2 rings (SSSR count). The Morgan fingerprint density at radius 1 is 1.22 bits per heavy atom. The van der Waals surface area contributed by atoms with Gasteiger partial charge in [0.1, 0.15) is 5.69 Å². The summed E-state index contributed by atoms with van der Waals surface area (Å²) in [7, 11) is 4.04. The van der Waals surface area contributed by atoms with Gasteiger partial charge >= 0.3 is 0 Å².